The van der Waals surface area contributed by atoms with Crippen LogP contribution in [0.1, 0.15) is 42.2 Å². The zero-order valence-electron chi connectivity index (χ0n) is 19.3. The molecule has 1 amide bonds. The Bertz CT molecular complexity index is 1050. The van der Waals surface area contributed by atoms with Crippen molar-refractivity contribution in [1.29, 1.82) is 0 Å². The average Bonchev–Trinajstić information content (AvgIpc) is 2.82. The molecule has 1 atom stereocenters. The maximum Gasteiger partial charge on any atom is 0.271 e. The maximum atomic E-state index is 13.7. The van der Waals surface area contributed by atoms with Gasteiger partial charge in [0.1, 0.15) is 0 Å². The fourth-order valence-corrected chi connectivity index (χ4v) is 5.27. The highest BCUT2D eigenvalue weighted by atomic mass is 35.5. The summed E-state index contributed by atoms with van der Waals surface area (Å²) in [6, 6.07) is 5.39. The molecular weight excluding hydrogens is 461 g/mol. The number of hydrogen-bond acceptors (Lipinski definition) is 8. The number of hydrogen-bond donors (Lipinski definition) is 3. The van der Waals surface area contributed by atoms with E-state index in [0.29, 0.717) is 24.4 Å². The van der Waals surface area contributed by atoms with Crippen LogP contribution in [0.2, 0.25) is 5.15 Å². The van der Waals surface area contributed by atoms with Crippen LogP contribution in [0.3, 0.4) is 0 Å². The van der Waals surface area contributed by atoms with Crippen LogP contribution in [0, 0.1) is 5.82 Å². The van der Waals surface area contributed by atoms with Crippen molar-refractivity contribution in [2.24, 2.45) is 5.73 Å². The van der Waals surface area contributed by atoms with E-state index >= 15 is 0 Å². The summed E-state index contributed by atoms with van der Waals surface area (Å²) in [4.78, 5) is 26.8. The summed E-state index contributed by atoms with van der Waals surface area (Å²) in [5.74, 6) is -1.17. The Morgan fingerprint density at radius 2 is 1.97 bits per heavy atom. The Morgan fingerprint density at radius 1 is 1.24 bits per heavy atom. The maximum absolute atomic E-state index is 13.7. The molecule has 0 aliphatic carbocycles. The lowest BCUT2D eigenvalue weighted by Crippen LogP contribution is -2.58. The highest BCUT2D eigenvalue weighted by Gasteiger charge is 2.34. The molecule has 2 fully saturated rings. The van der Waals surface area contributed by atoms with Gasteiger partial charge in [-0.3, -0.25) is 14.6 Å². The first-order valence-electron chi connectivity index (χ1n) is 11.6. The highest BCUT2D eigenvalue weighted by molar-refractivity contribution is 6.32. The standard InChI is InChI=1S/C23H31ClFN7O2/c1-2-15-13-31(23-20(24)28-19(22(27)34)21(26)29-23)9-10-32(15)16-5-7-30(8-6-16)12-14-3-4-18(33)17(25)11-14/h3-4,11,15-16,33H,2,5-10,12-13H2,1H3,(H2,26,29)(H2,27,34)/t15-/m0/s1. The Labute approximate surface area is 203 Å². The molecule has 4 rings (SSSR count). The third kappa shape index (κ3) is 5.18. The van der Waals surface area contributed by atoms with Crippen LogP contribution in [0.15, 0.2) is 18.2 Å². The number of nitrogen functional groups attached to an aromatic ring is 1. The fraction of sp³-hybridized carbons (Fsp3) is 0.522. The van der Waals surface area contributed by atoms with Gasteiger partial charge in [-0.15, -0.1) is 0 Å². The number of phenols is 1. The molecular formula is C23H31ClFN7O2. The van der Waals surface area contributed by atoms with E-state index in [1.54, 1.807) is 6.07 Å². The number of phenolic OH excluding ortho intramolecular Hbond substituents is 1. The Hall–Kier alpha value is -2.69. The molecule has 0 bridgehead atoms. The van der Waals surface area contributed by atoms with E-state index < -0.39 is 11.7 Å². The molecule has 5 N–H and O–H groups in total. The van der Waals surface area contributed by atoms with Gasteiger partial charge in [0.15, 0.2) is 34.0 Å². The number of amides is 1. The molecule has 2 aromatic rings. The van der Waals surface area contributed by atoms with Gasteiger partial charge in [0.25, 0.3) is 5.91 Å². The lowest BCUT2D eigenvalue weighted by atomic mass is 9.98. The van der Waals surface area contributed by atoms with Gasteiger partial charge in [-0.05, 0) is 50.0 Å². The van der Waals surface area contributed by atoms with Crippen molar-refractivity contribution in [3.05, 3.63) is 40.4 Å². The number of piperidine rings is 1. The molecule has 0 radical (unpaired) electrons. The van der Waals surface area contributed by atoms with Crippen molar-refractivity contribution in [1.82, 2.24) is 19.8 Å². The van der Waals surface area contributed by atoms with Gasteiger partial charge in [-0.2, -0.15) is 0 Å². The predicted molar refractivity (Wildman–Crippen MR) is 129 cm³/mol. The van der Waals surface area contributed by atoms with Crippen molar-refractivity contribution >= 4 is 29.1 Å². The van der Waals surface area contributed by atoms with E-state index in [9.17, 15) is 14.3 Å². The minimum atomic E-state index is -0.753. The van der Waals surface area contributed by atoms with Crippen molar-refractivity contribution < 1.29 is 14.3 Å². The number of carbonyl (C=O) groups excluding carboxylic acids is 1. The highest BCUT2D eigenvalue weighted by Crippen LogP contribution is 2.30. The second-order valence-electron chi connectivity index (χ2n) is 8.98. The van der Waals surface area contributed by atoms with Gasteiger partial charge in [0, 0.05) is 38.3 Å². The molecule has 0 saturated carbocycles. The predicted octanol–water partition coefficient (Wildman–Crippen LogP) is 2.22. The molecule has 184 valence electrons. The van der Waals surface area contributed by atoms with Crippen LogP contribution in [0.25, 0.3) is 0 Å². The first kappa shape index (κ1) is 24.4. The number of benzene rings is 1. The van der Waals surface area contributed by atoms with Crippen molar-refractivity contribution in [2.75, 3.05) is 43.4 Å². The second kappa shape index (κ2) is 10.3. The van der Waals surface area contributed by atoms with E-state index in [4.69, 9.17) is 23.1 Å². The summed E-state index contributed by atoms with van der Waals surface area (Å²) in [5.41, 5.74) is 11.9. The Balaban J connectivity index is 1.36. The van der Waals surface area contributed by atoms with E-state index in [0.717, 1.165) is 57.5 Å². The Kier molecular flexibility index (Phi) is 7.39. The van der Waals surface area contributed by atoms with Gasteiger partial charge in [0.2, 0.25) is 0 Å². The lowest BCUT2D eigenvalue weighted by Gasteiger charge is -2.47. The molecule has 9 nitrogen and oxygen atoms in total. The van der Waals surface area contributed by atoms with Gasteiger partial charge >= 0.3 is 0 Å². The van der Waals surface area contributed by atoms with E-state index in [2.05, 4.69) is 31.6 Å². The summed E-state index contributed by atoms with van der Waals surface area (Å²) >= 11 is 6.32. The van der Waals surface area contributed by atoms with Crippen LogP contribution < -0.4 is 16.4 Å². The molecule has 11 heteroatoms. The first-order valence-corrected chi connectivity index (χ1v) is 12.0. The number of nitrogens with zero attached hydrogens (tertiary/aromatic N) is 5. The minimum Gasteiger partial charge on any atom is -0.505 e. The molecule has 3 heterocycles. The Morgan fingerprint density at radius 3 is 2.62 bits per heavy atom. The molecule has 0 unspecified atom stereocenters. The van der Waals surface area contributed by atoms with Gasteiger partial charge in [-0.25, -0.2) is 14.4 Å². The molecule has 0 spiro atoms. The summed E-state index contributed by atoms with van der Waals surface area (Å²) in [6.45, 7) is 7.06. The van der Waals surface area contributed by atoms with E-state index in [-0.39, 0.29) is 22.4 Å². The molecule has 2 saturated heterocycles. The molecule has 1 aromatic carbocycles. The SMILES string of the molecule is CC[C@H]1CN(c2nc(N)c(C(N)=O)nc2Cl)CCN1C1CCN(Cc2ccc(O)c(F)c2)CC1. The number of anilines is 2. The lowest BCUT2D eigenvalue weighted by molar-refractivity contribution is 0.0610. The minimum absolute atomic E-state index is 0.0109. The van der Waals surface area contributed by atoms with E-state index in [1.165, 1.54) is 12.1 Å². The van der Waals surface area contributed by atoms with Crippen LogP contribution in [-0.4, -0.2) is 75.6 Å². The number of piperazine rings is 1. The summed E-state index contributed by atoms with van der Waals surface area (Å²) in [7, 11) is 0. The smallest absolute Gasteiger partial charge is 0.271 e. The number of primary amides is 1. The van der Waals surface area contributed by atoms with Gasteiger partial charge < -0.3 is 21.5 Å². The third-order valence-electron chi connectivity index (χ3n) is 6.84. The quantitative estimate of drug-likeness (QED) is 0.561. The molecule has 2 aliphatic heterocycles. The first-order chi connectivity index (χ1) is 16.3. The number of aromatic hydroxyl groups is 1. The molecule has 1 aromatic heterocycles. The van der Waals surface area contributed by atoms with Crippen molar-refractivity contribution in [3.8, 4) is 5.75 Å². The number of halogens is 2. The third-order valence-corrected chi connectivity index (χ3v) is 7.09. The van der Waals surface area contributed by atoms with Crippen LogP contribution in [-0.2, 0) is 6.54 Å². The number of nitrogens with two attached hydrogens (primary N) is 2. The fourth-order valence-electron chi connectivity index (χ4n) is 5.02. The number of carbonyl (C=O) groups is 1. The zero-order valence-corrected chi connectivity index (χ0v) is 20.0. The van der Waals surface area contributed by atoms with Crippen molar-refractivity contribution in [3.63, 3.8) is 0 Å². The van der Waals surface area contributed by atoms with Gasteiger partial charge in [0.05, 0.1) is 0 Å². The monoisotopic (exact) mass is 491 g/mol. The largest absolute Gasteiger partial charge is 0.505 e. The number of rotatable bonds is 6. The topological polar surface area (TPSA) is 125 Å². The molecule has 34 heavy (non-hydrogen) atoms. The normalized spacial score (nSPS) is 20.6. The number of aromatic nitrogens is 2. The van der Waals surface area contributed by atoms with Gasteiger partial charge in [-0.1, -0.05) is 24.6 Å². The summed E-state index contributed by atoms with van der Waals surface area (Å²) in [5, 5.41) is 9.52. The van der Waals surface area contributed by atoms with Crippen LogP contribution in [0.5, 0.6) is 5.75 Å². The second-order valence-corrected chi connectivity index (χ2v) is 9.33. The molecule has 2 aliphatic rings. The zero-order chi connectivity index (χ0) is 24.4. The average molecular weight is 492 g/mol. The summed E-state index contributed by atoms with van der Waals surface area (Å²) in [6.07, 6.45) is 3.05. The number of likely N-dealkylation sites (tertiary alicyclic amines) is 1. The van der Waals surface area contributed by atoms with Crippen molar-refractivity contribution in [2.45, 2.75) is 44.8 Å². The van der Waals surface area contributed by atoms with Crippen LogP contribution in [0.4, 0.5) is 16.0 Å². The summed E-state index contributed by atoms with van der Waals surface area (Å²) < 4.78 is 13.7. The van der Waals surface area contributed by atoms with Crippen LogP contribution >= 0.6 is 11.6 Å². The van der Waals surface area contributed by atoms with E-state index in [1.807, 2.05) is 0 Å².